The normalized spacial score (nSPS) is 10.6. The van der Waals surface area contributed by atoms with Gasteiger partial charge in [0.1, 0.15) is 0 Å². The molecule has 1 heterocycles. The molecule has 0 aliphatic carbocycles. The number of hydrogen-bond donors (Lipinski definition) is 3. The zero-order valence-electron chi connectivity index (χ0n) is 13.1. The van der Waals surface area contributed by atoms with Crippen LogP contribution in [-0.2, 0) is 7.05 Å². The van der Waals surface area contributed by atoms with Gasteiger partial charge in [0.2, 0.25) is 0 Å². The molecule has 0 aliphatic heterocycles. The molecular weight excluding hydrogens is 328 g/mol. The van der Waals surface area contributed by atoms with Crippen LogP contribution >= 0.6 is 11.9 Å². The van der Waals surface area contributed by atoms with Crippen molar-refractivity contribution in [3.63, 3.8) is 0 Å². The maximum absolute atomic E-state index is 11.3. The molecule has 3 aromatic rings. The molecule has 3 N–H and O–H groups in total. The van der Waals surface area contributed by atoms with Gasteiger partial charge in [-0.3, -0.25) is 14.6 Å². The highest BCUT2D eigenvalue weighted by Crippen LogP contribution is 2.27. The Labute approximate surface area is 142 Å². The van der Waals surface area contributed by atoms with E-state index in [0.717, 1.165) is 21.6 Å². The van der Waals surface area contributed by atoms with E-state index in [1.165, 1.54) is 11.9 Å². The molecule has 0 fully saturated rings. The number of benzene rings is 2. The minimum atomic E-state index is -0.538. The minimum Gasteiger partial charge on any atom is -0.468 e. The van der Waals surface area contributed by atoms with Gasteiger partial charge in [-0.15, -0.1) is 0 Å². The summed E-state index contributed by atoms with van der Waals surface area (Å²) in [5.74, 6) is -0.538. The Morgan fingerprint density at radius 1 is 1.25 bits per heavy atom. The lowest BCUT2D eigenvalue weighted by Gasteiger charge is -2.06. The van der Waals surface area contributed by atoms with E-state index >= 15 is 0 Å². The molecule has 1 aromatic heterocycles. The van der Waals surface area contributed by atoms with E-state index in [0.29, 0.717) is 11.6 Å². The molecule has 0 atom stereocenters. The number of carbonyl (C=O) groups excluding carboxylic acids is 1. The smallest absolute Gasteiger partial charge is 0.296 e. The van der Waals surface area contributed by atoms with Crippen LogP contribution in [0.25, 0.3) is 11.0 Å². The monoisotopic (exact) mass is 344 g/mol. The fourth-order valence-corrected chi connectivity index (χ4v) is 2.95. The van der Waals surface area contributed by atoms with Gasteiger partial charge in [-0.1, -0.05) is 0 Å². The van der Waals surface area contributed by atoms with Gasteiger partial charge < -0.3 is 9.46 Å². The van der Waals surface area contributed by atoms with Crippen LogP contribution in [0.3, 0.4) is 0 Å². The van der Waals surface area contributed by atoms with Crippen molar-refractivity contribution in [1.29, 1.82) is 0 Å². The molecule has 2 aromatic carbocycles. The van der Waals surface area contributed by atoms with Crippen molar-refractivity contribution in [3.8, 4) is 6.01 Å². The zero-order valence-corrected chi connectivity index (χ0v) is 13.9. The van der Waals surface area contributed by atoms with Crippen LogP contribution in [0.2, 0.25) is 0 Å². The summed E-state index contributed by atoms with van der Waals surface area (Å²) < 4.78 is 10.3. The van der Waals surface area contributed by atoms with Crippen molar-refractivity contribution < 1.29 is 14.7 Å². The molecule has 0 radical (unpaired) electrons. The van der Waals surface area contributed by atoms with Crippen LogP contribution in [0.1, 0.15) is 10.4 Å². The molecule has 0 aliphatic rings. The third-order valence-corrected chi connectivity index (χ3v) is 4.36. The SMILES string of the molecule is COc1nc2cc(SNc3ccc(C(=O)NO)cc3)ccc2n1C. The number of anilines is 1. The molecule has 0 saturated carbocycles. The summed E-state index contributed by atoms with van der Waals surface area (Å²) in [4.78, 5) is 16.7. The first-order chi connectivity index (χ1) is 11.6. The van der Waals surface area contributed by atoms with Gasteiger partial charge in [0.05, 0.1) is 18.1 Å². The Morgan fingerprint density at radius 2 is 2.00 bits per heavy atom. The fourth-order valence-electron chi connectivity index (χ4n) is 2.28. The zero-order chi connectivity index (χ0) is 17.1. The number of amides is 1. The summed E-state index contributed by atoms with van der Waals surface area (Å²) in [6.07, 6.45) is 0. The van der Waals surface area contributed by atoms with Gasteiger partial charge in [-0.25, -0.2) is 5.48 Å². The largest absolute Gasteiger partial charge is 0.468 e. The molecule has 124 valence electrons. The average molecular weight is 344 g/mol. The predicted octanol–water partition coefficient (Wildman–Crippen LogP) is 2.82. The second-order valence-electron chi connectivity index (χ2n) is 5.03. The highest BCUT2D eigenvalue weighted by molar-refractivity contribution is 8.00. The van der Waals surface area contributed by atoms with E-state index in [-0.39, 0.29) is 0 Å². The van der Waals surface area contributed by atoms with E-state index in [2.05, 4.69) is 9.71 Å². The molecule has 0 spiro atoms. The maximum Gasteiger partial charge on any atom is 0.296 e. The van der Waals surface area contributed by atoms with Crippen LogP contribution in [0, 0.1) is 0 Å². The topological polar surface area (TPSA) is 88.4 Å². The number of nitrogens with zero attached hydrogens (tertiary/aromatic N) is 2. The van der Waals surface area contributed by atoms with E-state index < -0.39 is 5.91 Å². The predicted molar refractivity (Wildman–Crippen MR) is 92.4 cm³/mol. The van der Waals surface area contributed by atoms with Crippen LogP contribution in [0.5, 0.6) is 6.01 Å². The summed E-state index contributed by atoms with van der Waals surface area (Å²) in [5, 5.41) is 8.60. The Morgan fingerprint density at radius 3 is 2.67 bits per heavy atom. The number of fused-ring (bicyclic) bond motifs is 1. The van der Waals surface area contributed by atoms with Crippen molar-refractivity contribution in [2.45, 2.75) is 4.90 Å². The third kappa shape index (κ3) is 3.15. The number of hydrogen-bond acceptors (Lipinski definition) is 6. The molecule has 7 nitrogen and oxygen atoms in total. The van der Waals surface area contributed by atoms with Gasteiger partial charge in [-0.2, -0.15) is 4.98 Å². The highest BCUT2D eigenvalue weighted by Gasteiger charge is 2.09. The first kappa shape index (κ1) is 16.2. The summed E-state index contributed by atoms with van der Waals surface area (Å²) in [6, 6.07) is 13.3. The molecule has 3 rings (SSSR count). The highest BCUT2D eigenvalue weighted by atomic mass is 32.2. The first-order valence-electron chi connectivity index (χ1n) is 7.10. The van der Waals surface area contributed by atoms with Crippen molar-refractivity contribution in [2.24, 2.45) is 7.05 Å². The molecule has 0 bridgehead atoms. The third-order valence-electron chi connectivity index (χ3n) is 3.53. The van der Waals surface area contributed by atoms with Gasteiger partial charge >= 0.3 is 0 Å². The number of ether oxygens (including phenoxy) is 1. The van der Waals surface area contributed by atoms with Crippen molar-refractivity contribution in [3.05, 3.63) is 48.0 Å². The quantitative estimate of drug-likeness (QED) is 0.375. The van der Waals surface area contributed by atoms with Gasteiger partial charge in [0, 0.05) is 23.2 Å². The number of aryl methyl sites for hydroxylation is 1. The van der Waals surface area contributed by atoms with Gasteiger partial charge in [0.15, 0.2) is 0 Å². The Kier molecular flexibility index (Phi) is 4.59. The van der Waals surface area contributed by atoms with Crippen molar-refractivity contribution in [1.82, 2.24) is 15.0 Å². The number of imidazole rings is 1. The van der Waals surface area contributed by atoms with E-state index in [1.807, 2.05) is 29.8 Å². The number of rotatable bonds is 5. The Hall–Kier alpha value is -2.71. The van der Waals surface area contributed by atoms with Crippen LogP contribution in [0.15, 0.2) is 47.4 Å². The number of carbonyl (C=O) groups is 1. The van der Waals surface area contributed by atoms with Crippen molar-refractivity contribution in [2.75, 3.05) is 11.8 Å². The standard InChI is InChI=1S/C16H16N4O3S/c1-20-14-8-7-12(9-13(14)17-16(20)23-2)24-19-11-5-3-10(4-6-11)15(21)18-22/h3-9,19,22H,1-2H3,(H,18,21). The Balaban J connectivity index is 1.72. The lowest BCUT2D eigenvalue weighted by Crippen LogP contribution is -2.18. The van der Waals surface area contributed by atoms with Crippen LogP contribution in [0.4, 0.5) is 5.69 Å². The summed E-state index contributed by atoms with van der Waals surface area (Å²) in [6.45, 7) is 0. The molecular formula is C16H16N4O3S. The molecule has 1 amide bonds. The number of hydroxylamine groups is 1. The second-order valence-corrected chi connectivity index (χ2v) is 5.91. The van der Waals surface area contributed by atoms with Gasteiger partial charge in [-0.05, 0) is 54.4 Å². The van der Waals surface area contributed by atoms with Crippen molar-refractivity contribution >= 4 is 34.6 Å². The average Bonchev–Trinajstić information content (AvgIpc) is 2.95. The number of methoxy groups -OCH3 is 1. The lowest BCUT2D eigenvalue weighted by atomic mass is 10.2. The van der Waals surface area contributed by atoms with Crippen LogP contribution < -0.4 is 14.9 Å². The van der Waals surface area contributed by atoms with Crippen LogP contribution in [-0.4, -0.2) is 27.8 Å². The molecule has 0 saturated heterocycles. The summed E-state index contributed by atoms with van der Waals surface area (Å²) >= 11 is 1.44. The summed E-state index contributed by atoms with van der Waals surface area (Å²) in [5.41, 5.74) is 4.68. The van der Waals surface area contributed by atoms with Gasteiger partial charge in [0.25, 0.3) is 11.9 Å². The number of aromatic nitrogens is 2. The second kappa shape index (κ2) is 6.81. The first-order valence-corrected chi connectivity index (χ1v) is 7.92. The number of nitrogens with one attached hydrogen (secondary N) is 2. The van der Waals surface area contributed by atoms with E-state index in [9.17, 15) is 4.79 Å². The minimum absolute atomic E-state index is 0.384. The molecule has 24 heavy (non-hydrogen) atoms. The van der Waals surface area contributed by atoms with E-state index in [4.69, 9.17) is 9.94 Å². The fraction of sp³-hybridized carbons (Fsp3) is 0.125. The molecule has 8 heteroatoms. The lowest BCUT2D eigenvalue weighted by molar-refractivity contribution is 0.0706. The van der Waals surface area contributed by atoms with E-state index in [1.54, 1.807) is 36.9 Å². The Bertz CT molecular complexity index is 877. The summed E-state index contributed by atoms with van der Waals surface area (Å²) in [7, 11) is 3.50. The maximum atomic E-state index is 11.3. The molecule has 0 unspecified atom stereocenters.